The van der Waals surface area contributed by atoms with Gasteiger partial charge in [-0.2, -0.15) is 0 Å². The lowest BCUT2D eigenvalue weighted by Gasteiger charge is -2.06. The maximum Gasteiger partial charge on any atom is 0.586 e. The van der Waals surface area contributed by atoms with Gasteiger partial charge in [-0.05, 0) is 34.7 Å². The van der Waals surface area contributed by atoms with Gasteiger partial charge in [0.1, 0.15) is 0 Å². The van der Waals surface area contributed by atoms with Crippen molar-refractivity contribution in [1.29, 1.82) is 0 Å². The minimum Gasteiger partial charge on any atom is -0.492 e. The van der Waals surface area contributed by atoms with Gasteiger partial charge < -0.3 is 14.2 Å². The van der Waals surface area contributed by atoms with Gasteiger partial charge in [0.15, 0.2) is 11.5 Å². The van der Waals surface area contributed by atoms with E-state index in [0.29, 0.717) is 3.57 Å². The van der Waals surface area contributed by atoms with E-state index in [1.54, 1.807) is 6.07 Å². The smallest absolute Gasteiger partial charge is 0.492 e. The van der Waals surface area contributed by atoms with Gasteiger partial charge in [0.05, 0.1) is 10.7 Å². The molecule has 0 aliphatic carbocycles. The van der Waals surface area contributed by atoms with Gasteiger partial charge in [-0.3, -0.25) is 0 Å². The van der Waals surface area contributed by atoms with Gasteiger partial charge in [0, 0.05) is 0 Å². The quantitative estimate of drug-likeness (QED) is 0.746. The number of hydrogen-bond donors (Lipinski definition) is 0. The minimum atomic E-state index is -3.60. The molecule has 1 aromatic rings. The molecule has 0 spiro atoms. The number of benzene rings is 1. The van der Waals surface area contributed by atoms with Crippen LogP contribution in [0.5, 0.6) is 17.2 Å². The summed E-state index contributed by atoms with van der Waals surface area (Å²) in [5, 5.41) is 0. The van der Waals surface area contributed by atoms with Crippen molar-refractivity contribution in [3.8, 4) is 17.2 Å². The van der Waals surface area contributed by atoms with Crippen LogP contribution in [0.1, 0.15) is 0 Å². The van der Waals surface area contributed by atoms with Crippen molar-refractivity contribution in [2.75, 3.05) is 7.11 Å². The summed E-state index contributed by atoms with van der Waals surface area (Å²) in [4.78, 5) is 0. The normalized spacial score (nSPS) is 16.9. The molecule has 1 heterocycles. The Hall–Kier alpha value is -0.790. The van der Waals surface area contributed by atoms with Gasteiger partial charge in [-0.25, -0.2) is 0 Å². The van der Waals surface area contributed by atoms with E-state index in [1.807, 2.05) is 22.6 Å². The zero-order valence-corrected chi connectivity index (χ0v) is 9.17. The van der Waals surface area contributed by atoms with Gasteiger partial charge >= 0.3 is 6.29 Å². The maximum absolute atomic E-state index is 12.7. The van der Waals surface area contributed by atoms with Crippen molar-refractivity contribution in [3.05, 3.63) is 15.7 Å². The lowest BCUT2D eigenvalue weighted by Crippen LogP contribution is -2.26. The Bertz CT molecular complexity index is 381. The number of methoxy groups -OCH3 is 1. The third kappa shape index (κ3) is 1.47. The number of fused-ring (bicyclic) bond motifs is 1. The van der Waals surface area contributed by atoms with Crippen molar-refractivity contribution in [2.45, 2.75) is 6.29 Å². The summed E-state index contributed by atoms with van der Waals surface area (Å²) >= 11 is 1.96. The first-order valence-electron chi connectivity index (χ1n) is 3.66. The summed E-state index contributed by atoms with van der Waals surface area (Å²) in [6, 6.07) is 3.03. The van der Waals surface area contributed by atoms with Gasteiger partial charge in [0.25, 0.3) is 0 Å². The van der Waals surface area contributed by atoms with Gasteiger partial charge in [0.2, 0.25) is 5.75 Å². The molecular weight excluding hydrogens is 309 g/mol. The van der Waals surface area contributed by atoms with Crippen LogP contribution >= 0.6 is 22.6 Å². The molecular formula is C8H5F2IO3. The van der Waals surface area contributed by atoms with Crippen LogP contribution in [0.4, 0.5) is 8.78 Å². The number of rotatable bonds is 1. The molecule has 6 heteroatoms. The summed E-state index contributed by atoms with van der Waals surface area (Å²) in [5.41, 5.74) is 0. The predicted octanol–water partition coefficient (Wildman–Crippen LogP) is 2.62. The first-order valence-corrected chi connectivity index (χ1v) is 4.74. The highest BCUT2D eigenvalue weighted by molar-refractivity contribution is 14.1. The Kier molecular flexibility index (Phi) is 2.17. The second-order valence-corrected chi connectivity index (χ2v) is 3.74. The molecule has 3 nitrogen and oxygen atoms in total. The Morgan fingerprint density at radius 1 is 1.36 bits per heavy atom. The second-order valence-electron chi connectivity index (χ2n) is 2.58. The minimum absolute atomic E-state index is 0.00716. The fourth-order valence-electron chi connectivity index (χ4n) is 1.16. The number of ether oxygens (including phenoxy) is 3. The monoisotopic (exact) mass is 314 g/mol. The molecule has 76 valence electrons. The summed E-state index contributed by atoms with van der Waals surface area (Å²) in [6.07, 6.45) is -3.60. The molecule has 0 fully saturated rings. The second kappa shape index (κ2) is 3.11. The Balaban J connectivity index is 2.52. The van der Waals surface area contributed by atoms with Crippen LogP contribution in [0.2, 0.25) is 0 Å². The molecule has 2 rings (SSSR count). The van der Waals surface area contributed by atoms with Crippen molar-refractivity contribution in [3.63, 3.8) is 0 Å². The van der Waals surface area contributed by atoms with Gasteiger partial charge in [-0.15, -0.1) is 8.78 Å². The molecule has 1 aliphatic heterocycles. The van der Waals surface area contributed by atoms with Crippen LogP contribution in [-0.4, -0.2) is 13.4 Å². The number of alkyl halides is 2. The molecule has 0 unspecified atom stereocenters. The lowest BCUT2D eigenvalue weighted by atomic mass is 10.3. The third-order valence-corrected chi connectivity index (χ3v) is 2.53. The first-order chi connectivity index (χ1) is 6.53. The fourth-order valence-corrected chi connectivity index (χ4v) is 1.80. The van der Waals surface area contributed by atoms with E-state index in [4.69, 9.17) is 4.74 Å². The van der Waals surface area contributed by atoms with Crippen LogP contribution in [-0.2, 0) is 0 Å². The highest BCUT2D eigenvalue weighted by Crippen LogP contribution is 2.48. The number of halogens is 3. The Morgan fingerprint density at radius 2 is 2.07 bits per heavy atom. The molecule has 0 saturated heterocycles. The van der Waals surface area contributed by atoms with E-state index in [0.717, 1.165) is 0 Å². The van der Waals surface area contributed by atoms with Crippen LogP contribution < -0.4 is 14.2 Å². The number of hydrogen-bond acceptors (Lipinski definition) is 3. The van der Waals surface area contributed by atoms with Gasteiger partial charge in [-0.1, -0.05) is 0 Å². The highest BCUT2D eigenvalue weighted by Gasteiger charge is 2.45. The molecule has 0 N–H and O–H groups in total. The Morgan fingerprint density at radius 3 is 2.71 bits per heavy atom. The topological polar surface area (TPSA) is 27.7 Å². The van der Waals surface area contributed by atoms with Crippen molar-refractivity contribution < 1.29 is 23.0 Å². The fraction of sp³-hybridized carbons (Fsp3) is 0.250. The first kappa shape index (κ1) is 9.75. The standard InChI is InChI=1S/C8H5F2IO3/c1-12-6-4(11)2-3-5-7(6)14-8(9,10)13-5/h2-3H,1H3. The molecule has 0 aromatic heterocycles. The average molecular weight is 314 g/mol. The highest BCUT2D eigenvalue weighted by atomic mass is 127. The van der Waals surface area contributed by atoms with Crippen LogP contribution in [0.25, 0.3) is 0 Å². The summed E-state index contributed by atoms with van der Waals surface area (Å²) in [6.45, 7) is 0. The maximum atomic E-state index is 12.7. The molecule has 1 aromatic carbocycles. The van der Waals surface area contributed by atoms with Crippen molar-refractivity contribution in [2.24, 2.45) is 0 Å². The molecule has 0 amide bonds. The van der Waals surface area contributed by atoms with E-state index >= 15 is 0 Å². The SMILES string of the molecule is COc1c(I)ccc2c1OC(F)(F)O2. The Labute approximate surface area is 92.1 Å². The van der Waals surface area contributed by atoms with E-state index in [2.05, 4.69) is 9.47 Å². The van der Waals surface area contributed by atoms with Crippen LogP contribution in [0.15, 0.2) is 12.1 Å². The summed E-state index contributed by atoms with van der Waals surface area (Å²) in [7, 11) is 1.39. The van der Waals surface area contributed by atoms with E-state index in [1.165, 1.54) is 13.2 Å². The predicted molar refractivity (Wildman–Crippen MR) is 51.9 cm³/mol. The molecule has 0 radical (unpaired) electrons. The molecule has 0 bridgehead atoms. The zero-order chi connectivity index (χ0) is 10.3. The van der Waals surface area contributed by atoms with Crippen molar-refractivity contribution in [1.82, 2.24) is 0 Å². The van der Waals surface area contributed by atoms with E-state index in [-0.39, 0.29) is 17.2 Å². The van der Waals surface area contributed by atoms with Crippen molar-refractivity contribution >= 4 is 22.6 Å². The molecule has 14 heavy (non-hydrogen) atoms. The average Bonchev–Trinajstić information content (AvgIpc) is 2.39. The summed E-state index contributed by atoms with van der Waals surface area (Å²) in [5.74, 6) is 0.206. The zero-order valence-electron chi connectivity index (χ0n) is 7.01. The lowest BCUT2D eigenvalue weighted by molar-refractivity contribution is -0.287. The van der Waals surface area contributed by atoms with E-state index < -0.39 is 6.29 Å². The molecule has 1 aliphatic rings. The molecule has 0 atom stereocenters. The molecule has 0 saturated carbocycles. The van der Waals surface area contributed by atoms with Crippen LogP contribution in [0.3, 0.4) is 0 Å². The van der Waals surface area contributed by atoms with E-state index in [9.17, 15) is 8.78 Å². The summed E-state index contributed by atoms with van der Waals surface area (Å²) < 4.78 is 39.6. The third-order valence-electron chi connectivity index (χ3n) is 1.68. The largest absolute Gasteiger partial charge is 0.586 e. The van der Waals surface area contributed by atoms with Crippen LogP contribution in [0, 0.1) is 3.57 Å².